The fourth-order valence-corrected chi connectivity index (χ4v) is 5.63. The van der Waals surface area contributed by atoms with Crippen molar-refractivity contribution in [1.29, 1.82) is 0 Å². The van der Waals surface area contributed by atoms with Crippen LogP contribution < -0.4 is 5.32 Å². The molecule has 0 saturated heterocycles. The third-order valence-corrected chi connectivity index (χ3v) is 7.28. The smallest absolute Gasteiger partial charge is 0.157 e. The van der Waals surface area contributed by atoms with Crippen LogP contribution in [0.2, 0.25) is 0 Å². The summed E-state index contributed by atoms with van der Waals surface area (Å²) in [4.78, 5) is 0. The molecule has 1 fully saturated rings. The van der Waals surface area contributed by atoms with Gasteiger partial charge >= 0.3 is 0 Å². The first-order valence-corrected chi connectivity index (χ1v) is 8.35. The van der Waals surface area contributed by atoms with E-state index in [0.717, 1.165) is 12.8 Å². The average molecular weight is 261 g/mol. The minimum absolute atomic E-state index is 0.118. The summed E-state index contributed by atoms with van der Waals surface area (Å²) < 4.78 is 25.1. The highest BCUT2D eigenvalue weighted by molar-refractivity contribution is 7.92. The Morgan fingerprint density at radius 3 is 2.35 bits per heavy atom. The van der Waals surface area contributed by atoms with Crippen LogP contribution in [0.4, 0.5) is 0 Å². The SMILES string of the molecule is CCC(C)S(=O)(=O)C1C(C)CC(C)CC1NC. The van der Waals surface area contributed by atoms with Crippen LogP contribution in [0, 0.1) is 11.8 Å². The average Bonchev–Trinajstić information content (AvgIpc) is 2.25. The van der Waals surface area contributed by atoms with E-state index in [1.54, 1.807) is 0 Å². The van der Waals surface area contributed by atoms with Crippen LogP contribution in [0.1, 0.15) is 47.0 Å². The van der Waals surface area contributed by atoms with E-state index < -0.39 is 9.84 Å². The zero-order valence-electron chi connectivity index (χ0n) is 11.7. The van der Waals surface area contributed by atoms with E-state index in [4.69, 9.17) is 0 Å². The first-order valence-electron chi connectivity index (χ1n) is 6.74. The molecule has 0 aromatic rings. The lowest BCUT2D eigenvalue weighted by atomic mass is 9.80. The molecule has 1 aliphatic carbocycles. The summed E-state index contributed by atoms with van der Waals surface area (Å²) in [5.41, 5.74) is 0. The third-order valence-electron chi connectivity index (χ3n) is 4.27. The summed E-state index contributed by atoms with van der Waals surface area (Å²) in [6.45, 7) is 8.09. The van der Waals surface area contributed by atoms with Gasteiger partial charge in [0.05, 0.1) is 10.5 Å². The minimum Gasteiger partial charge on any atom is -0.316 e. The highest BCUT2D eigenvalue weighted by atomic mass is 32.2. The van der Waals surface area contributed by atoms with E-state index in [2.05, 4.69) is 19.2 Å². The number of sulfone groups is 1. The lowest BCUT2D eigenvalue weighted by molar-refractivity contribution is 0.248. The van der Waals surface area contributed by atoms with Crippen LogP contribution in [0.3, 0.4) is 0 Å². The molecule has 3 nitrogen and oxygen atoms in total. The fraction of sp³-hybridized carbons (Fsp3) is 1.00. The lowest BCUT2D eigenvalue weighted by Crippen LogP contribution is -2.52. The maximum absolute atomic E-state index is 12.6. The second-order valence-corrected chi connectivity index (χ2v) is 8.25. The molecule has 4 heteroatoms. The summed E-state index contributed by atoms with van der Waals surface area (Å²) in [6, 6.07) is 0.118. The summed E-state index contributed by atoms with van der Waals surface area (Å²) in [6.07, 6.45) is 2.71. The van der Waals surface area contributed by atoms with Gasteiger partial charge in [-0.05, 0) is 45.1 Å². The molecule has 0 aromatic carbocycles. The fourth-order valence-electron chi connectivity index (χ4n) is 3.16. The number of nitrogens with one attached hydrogen (secondary N) is 1. The van der Waals surface area contributed by atoms with Crippen LogP contribution in [0.15, 0.2) is 0 Å². The molecule has 0 aliphatic heterocycles. The van der Waals surface area contributed by atoms with Crippen molar-refractivity contribution in [2.24, 2.45) is 11.8 Å². The third kappa shape index (κ3) is 3.02. The molecule has 0 radical (unpaired) electrons. The number of hydrogen-bond donors (Lipinski definition) is 1. The van der Waals surface area contributed by atoms with Crippen LogP contribution in [0.5, 0.6) is 0 Å². The van der Waals surface area contributed by atoms with Crippen LogP contribution in [-0.4, -0.2) is 32.0 Å². The van der Waals surface area contributed by atoms with Crippen LogP contribution >= 0.6 is 0 Å². The van der Waals surface area contributed by atoms with Crippen molar-refractivity contribution >= 4 is 9.84 Å². The van der Waals surface area contributed by atoms with Crippen molar-refractivity contribution in [3.8, 4) is 0 Å². The van der Waals surface area contributed by atoms with E-state index in [0.29, 0.717) is 12.3 Å². The topological polar surface area (TPSA) is 46.2 Å². The van der Waals surface area contributed by atoms with E-state index in [-0.39, 0.29) is 22.5 Å². The molecule has 0 bridgehead atoms. The lowest BCUT2D eigenvalue weighted by Gasteiger charge is -2.40. The number of rotatable bonds is 4. The van der Waals surface area contributed by atoms with Crippen LogP contribution in [-0.2, 0) is 9.84 Å². The summed E-state index contributed by atoms with van der Waals surface area (Å²) in [7, 11) is -1.13. The minimum atomic E-state index is -3.01. The van der Waals surface area contributed by atoms with Gasteiger partial charge in [-0.25, -0.2) is 8.42 Å². The summed E-state index contributed by atoms with van der Waals surface area (Å²) in [5.74, 6) is 0.876. The Hall–Kier alpha value is -0.0900. The normalized spacial score (nSPS) is 36.8. The van der Waals surface area contributed by atoms with Crippen LogP contribution in [0.25, 0.3) is 0 Å². The van der Waals surface area contributed by atoms with E-state index >= 15 is 0 Å². The molecule has 1 aliphatic rings. The Labute approximate surface area is 106 Å². The number of hydrogen-bond acceptors (Lipinski definition) is 3. The monoisotopic (exact) mass is 261 g/mol. The summed E-state index contributed by atoms with van der Waals surface area (Å²) >= 11 is 0. The van der Waals surface area contributed by atoms with E-state index in [9.17, 15) is 8.42 Å². The van der Waals surface area contributed by atoms with Crippen molar-refractivity contribution in [2.75, 3.05) is 7.05 Å². The Kier molecular flexibility index (Phi) is 5.02. The molecule has 5 atom stereocenters. The molecule has 0 amide bonds. The van der Waals surface area contributed by atoms with Crippen molar-refractivity contribution in [3.63, 3.8) is 0 Å². The van der Waals surface area contributed by atoms with Gasteiger partial charge in [-0.2, -0.15) is 0 Å². The van der Waals surface area contributed by atoms with Gasteiger partial charge in [0.25, 0.3) is 0 Å². The van der Waals surface area contributed by atoms with Gasteiger partial charge in [-0.15, -0.1) is 0 Å². The molecule has 1 saturated carbocycles. The van der Waals surface area contributed by atoms with Crippen molar-refractivity contribution in [2.45, 2.75) is 63.5 Å². The highest BCUT2D eigenvalue weighted by Crippen LogP contribution is 2.35. The van der Waals surface area contributed by atoms with Gasteiger partial charge in [-0.3, -0.25) is 0 Å². The molecule has 102 valence electrons. The van der Waals surface area contributed by atoms with E-state index in [1.165, 1.54) is 0 Å². The largest absolute Gasteiger partial charge is 0.316 e. The molecular weight excluding hydrogens is 234 g/mol. The molecule has 1 rings (SSSR count). The Bertz CT molecular complexity index is 339. The standard InChI is InChI=1S/C13H27NO2S/c1-6-11(4)17(15,16)13-10(3)7-9(2)8-12(13)14-5/h9-14H,6-8H2,1-5H3. The first-order chi connectivity index (χ1) is 7.84. The van der Waals surface area contributed by atoms with Gasteiger partial charge in [0.2, 0.25) is 0 Å². The predicted octanol–water partition coefficient (Wildman–Crippen LogP) is 2.22. The molecule has 0 heterocycles. The maximum Gasteiger partial charge on any atom is 0.157 e. The first kappa shape index (κ1) is 15.0. The van der Waals surface area contributed by atoms with Gasteiger partial charge in [0, 0.05) is 6.04 Å². The molecule has 0 aromatic heterocycles. The zero-order valence-corrected chi connectivity index (χ0v) is 12.5. The zero-order chi connectivity index (χ0) is 13.2. The van der Waals surface area contributed by atoms with E-state index in [1.807, 2.05) is 20.9 Å². The van der Waals surface area contributed by atoms with Crippen molar-refractivity contribution in [3.05, 3.63) is 0 Å². The van der Waals surface area contributed by atoms with Gasteiger partial charge in [0.1, 0.15) is 0 Å². The molecule has 1 N–H and O–H groups in total. The quantitative estimate of drug-likeness (QED) is 0.844. The summed E-state index contributed by atoms with van der Waals surface area (Å²) in [5, 5.41) is 2.79. The second kappa shape index (κ2) is 5.70. The molecular formula is C13H27NO2S. The van der Waals surface area contributed by atoms with Gasteiger partial charge < -0.3 is 5.32 Å². The highest BCUT2D eigenvalue weighted by Gasteiger charge is 2.43. The maximum atomic E-state index is 12.6. The molecule has 0 spiro atoms. The van der Waals surface area contributed by atoms with Crippen molar-refractivity contribution in [1.82, 2.24) is 5.32 Å². The predicted molar refractivity (Wildman–Crippen MR) is 72.9 cm³/mol. The molecule has 5 unspecified atom stereocenters. The Balaban J connectivity index is 3.00. The van der Waals surface area contributed by atoms with Gasteiger partial charge in [0.15, 0.2) is 9.84 Å². The Morgan fingerprint density at radius 2 is 1.88 bits per heavy atom. The Morgan fingerprint density at radius 1 is 1.29 bits per heavy atom. The second-order valence-electron chi connectivity index (χ2n) is 5.72. The molecule has 17 heavy (non-hydrogen) atoms. The van der Waals surface area contributed by atoms with Gasteiger partial charge in [-0.1, -0.05) is 20.8 Å². The van der Waals surface area contributed by atoms with Crippen molar-refractivity contribution < 1.29 is 8.42 Å².